The first-order chi connectivity index (χ1) is 13.0. The highest BCUT2D eigenvalue weighted by Gasteiger charge is 2.29. The molecule has 1 heterocycles. The van der Waals surface area contributed by atoms with Gasteiger partial charge < -0.3 is 43.0 Å². The van der Waals surface area contributed by atoms with Crippen LogP contribution in [0.5, 0.6) is 5.75 Å². The molecule has 1 atom stereocenters. The van der Waals surface area contributed by atoms with Gasteiger partial charge in [-0.3, -0.25) is 0 Å². The monoisotopic (exact) mass is 519 g/mol. The van der Waals surface area contributed by atoms with Crippen molar-refractivity contribution in [1.29, 1.82) is 0 Å². The van der Waals surface area contributed by atoms with E-state index in [1.165, 1.54) is 31.5 Å². The largest absolute Gasteiger partial charge is 1.00 e. The lowest BCUT2D eigenvalue weighted by Crippen LogP contribution is -3.00. The molecule has 1 aliphatic rings. The molecule has 1 unspecified atom stereocenters. The van der Waals surface area contributed by atoms with E-state index in [1.54, 1.807) is 0 Å². The molecule has 0 spiro atoms. The van der Waals surface area contributed by atoms with Gasteiger partial charge in [0.15, 0.2) is 0 Å². The van der Waals surface area contributed by atoms with Gasteiger partial charge in [0.05, 0.1) is 33.4 Å². The van der Waals surface area contributed by atoms with Crippen molar-refractivity contribution in [2.24, 2.45) is 5.41 Å². The van der Waals surface area contributed by atoms with Crippen molar-refractivity contribution < 1.29 is 43.0 Å². The molecule has 1 N–H and O–H groups in total. The van der Waals surface area contributed by atoms with Crippen LogP contribution in [0.2, 0.25) is 0 Å². The minimum absolute atomic E-state index is 0. The first kappa shape index (κ1) is 26.7. The minimum atomic E-state index is -0.396. The number of aliphatic hydroxyl groups excluding tert-OH is 1. The Morgan fingerprint density at radius 2 is 1.59 bits per heavy atom. The summed E-state index contributed by atoms with van der Waals surface area (Å²) in [5.41, 5.74) is 1.78. The van der Waals surface area contributed by atoms with Crippen molar-refractivity contribution in [2.75, 3.05) is 46.5 Å². The molecule has 1 aromatic carbocycles. The van der Waals surface area contributed by atoms with Crippen molar-refractivity contribution >= 4 is 0 Å². The minimum Gasteiger partial charge on any atom is -1.00 e. The van der Waals surface area contributed by atoms with Crippen LogP contribution in [0.15, 0.2) is 24.3 Å². The number of likely N-dealkylation sites (N-methyl/N-ethyl adjacent to an activating group) is 1. The third kappa shape index (κ3) is 9.53. The summed E-state index contributed by atoms with van der Waals surface area (Å²) in [7, 11) is 2.23. The summed E-state index contributed by atoms with van der Waals surface area (Å²) in [5, 5.41) is 10.2. The van der Waals surface area contributed by atoms with Gasteiger partial charge in [-0.2, -0.15) is 0 Å². The fourth-order valence-corrected chi connectivity index (χ4v) is 4.71. The zero-order valence-electron chi connectivity index (χ0n) is 19.3. The number of hydrogen-bond acceptors (Lipinski definition) is 3. The molecule has 0 aliphatic carbocycles. The van der Waals surface area contributed by atoms with Gasteiger partial charge in [-0.15, -0.1) is 0 Å². The molecule has 1 aliphatic heterocycles. The van der Waals surface area contributed by atoms with Gasteiger partial charge in [0.1, 0.15) is 25.0 Å². The number of quaternary nitrogens is 1. The van der Waals surface area contributed by atoms with Crippen LogP contribution < -0.4 is 28.7 Å². The van der Waals surface area contributed by atoms with Crippen LogP contribution in [0.25, 0.3) is 0 Å². The molecule has 0 bridgehead atoms. The first-order valence-electron chi connectivity index (χ1n) is 10.8. The number of aliphatic hydroxyl groups is 1. The molecule has 4 nitrogen and oxygen atoms in total. The maximum absolute atomic E-state index is 10.2. The van der Waals surface area contributed by atoms with Gasteiger partial charge in [0, 0.05) is 12.8 Å². The highest BCUT2D eigenvalue weighted by atomic mass is 127. The summed E-state index contributed by atoms with van der Waals surface area (Å²) in [6.45, 7) is 16.0. The highest BCUT2D eigenvalue weighted by Crippen LogP contribution is 2.36. The third-order valence-corrected chi connectivity index (χ3v) is 5.71. The van der Waals surface area contributed by atoms with Gasteiger partial charge in [0.2, 0.25) is 0 Å². The second kappa shape index (κ2) is 11.3. The predicted octanol–water partition coefficient (Wildman–Crippen LogP) is 1.40. The van der Waals surface area contributed by atoms with Crippen molar-refractivity contribution in [2.45, 2.75) is 65.4 Å². The smallest absolute Gasteiger partial charge is 0.126 e. The lowest BCUT2D eigenvalue weighted by atomic mass is 9.72. The SMILES string of the molecule is CC(C)(C)CC(C)(C)c1ccc(OCCOCC(O)C[N+]2(C)CCCC2)cc1.[I-]. The van der Waals surface area contributed by atoms with Crippen LogP contribution in [-0.2, 0) is 10.2 Å². The number of rotatable bonds is 10. The van der Waals surface area contributed by atoms with Gasteiger partial charge in [-0.05, 0) is 34.9 Å². The molecule has 0 radical (unpaired) electrons. The molecule has 168 valence electrons. The molecular formula is C24H42INO3. The van der Waals surface area contributed by atoms with Crippen molar-refractivity contribution in [1.82, 2.24) is 0 Å². The van der Waals surface area contributed by atoms with E-state index in [4.69, 9.17) is 9.47 Å². The summed E-state index contributed by atoms with van der Waals surface area (Å²) < 4.78 is 12.4. The molecule has 1 fully saturated rings. The summed E-state index contributed by atoms with van der Waals surface area (Å²) in [6, 6.07) is 8.44. The standard InChI is InChI=1S/C24H42NO3.HI/c1-23(2,3)19-24(4,5)20-9-11-22(12-10-20)28-16-15-27-18-21(26)17-25(6)13-7-8-14-25;/h9-12,21,26H,7-8,13-19H2,1-6H3;1H/q+1;/p-1. The van der Waals surface area contributed by atoms with Crippen LogP contribution in [0, 0.1) is 5.41 Å². The second-order valence-electron chi connectivity index (χ2n) is 10.7. The Labute approximate surface area is 195 Å². The van der Waals surface area contributed by atoms with E-state index >= 15 is 0 Å². The average Bonchev–Trinajstić information content (AvgIpc) is 2.99. The van der Waals surface area contributed by atoms with Crippen molar-refractivity contribution in [3.8, 4) is 5.75 Å². The number of nitrogens with zero attached hydrogens (tertiary/aromatic N) is 1. The van der Waals surface area contributed by atoms with Crippen LogP contribution in [0.3, 0.4) is 0 Å². The Balaban J connectivity index is 0.00000420. The van der Waals surface area contributed by atoms with E-state index in [9.17, 15) is 5.11 Å². The van der Waals surface area contributed by atoms with Crippen molar-refractivity contribution in [3.05, 3.63) is 29.8 Å². The number of ether oxygens (including phenoxy) is 2. The average molecular weight is 520 g/mol. The van der Waals surface area contributed by atoms with Gasteiger partial charge >= 0.3 is 0 Å². The Morgan fingerprint density at radius 1 is 1.00 bits per heavy atom. The van der Waals surface area contributed by atoms with E-state index < -0.39 is 6.10 Å². The van der Waals surface area contributed by atoms with Gasteiger partial charge in [0.25, 0.3) is 0 Å². The Kier molecular flexibility index (Phi) is 10.4. The molecule has 0 amide bonds. The summed E-state index contributed by atoms with van der Waals surface area (Å²) in [5.74, 6) is 0.870. The highest BCUT2D eigenvalue weighted by molar-refractivity contribution is 5.31. The lowest BCUT2D eigenvalue weighted by Gasteiger charge is -2.33. The van der Waals surface area contributed by atoms with E-state index in [-0.39, 0.29) is 29.4 Å². The van der Waals surface area contributed by atoms with E-state index in [1.807, 2.05) is 12.1 Å². The molecular weight excluding hydrogens is 477 g/mol. The maximum Gasteiger partial charge on any atom is 0.126 e. The fraction of sp³-hybridized carbons (Fsp3) is 0.750. The van der Waals surface area contributed by atoms with Gasteiger partial charge in [-0.25, -0.2) is 0 Å². The summed E-state index contributed by atoms with van der Waals surface area (Å²) in [4.78, 5) is 0. The van der Waals surface area contributed by atoms with E-state index in [0.717, 1.165) is 23.2 Å². The molecule has 2 rings (SSSR count). The number of hydrogen-bond donors (Lipinski definition) is 1. The van der Waals surface area contributed by atoms with Crippen molar-refractivity contribution in [3.63, 3.8) is 0 Å². The quantitative estimate of drug-likeness (QED) is 0.289. The molecule has 1 aromatic rings. The first-order valence-corrected chi connectivity index (χ1v) is 10.8. The third-order valence-electron chi connectivity index (χ3n) is 5.71. The molecule has 5 heteroatoms. The maximum atomic E-state index is 10.2. The molecule has 29 heavy (non-hydrogen) atoms. The van der Waals surface area contributed by atoms with Gasteiger partial charge in [-0.1, -0.05) is 46.8 Å². The van der Waals surface area contributed by atoms with E-state index in [2.05, 4.69) is 53.8 Å². The number of benzene rings is 1. The Hall–Kier alpha value is -0.370. The zero-order valence-corrected chi connectivity index (χ0v) is 21.5. The fourth-order valence-electron chi connectivity index (χ4n) is 4.71. The van der Waals surface area contributed by atoms with Crippen LogP contribution in [-0.4, -0.2) is 62.2 Å². The number of likely N-dealkylation sites (tertiary alicyclic amines) is 1. The lowest BCUT2D eigenvalue weighted by molar-refractivity contribution is -0.900. The summed E-state index contributed by atoms with van der Waals surface area (Å²) >= 11 is 0. The normalized spacial score (nSPS) is 17.6. The predicted molar refractivity (Wildman–Crippen MR) is 116 cm³/mol. The van der Waals surface area contributed by atoms with Crippen LogP contribution in [0.4, 0.5) is 0 Å². The second-order valence-corrected chi connectivity index (χ2v) is 10.7. The molecule has 1 saturated heterocycles. The summed E-state index contributed by atoms with van der Waals surface area (Å²) in [6.07, 6.45) is 3.27. The van der Waals surface area contributed by atoms with Crippen LogP contribution in [0.1, 0.15) is 59.4 Å². The van der Waals surface area contributed by atoms with E-state index in [0.29, 0.717) is 25.2 Å². The molecule has 0 saturated carbocycles. The topological polar surface area (TPSA) is 38.7 Å². The van der Waals surface area contributed by atoms with Crippen LogP contribution >= 0.6 is 0 Å². The zero-order chi connectivity index (χ0) is 20.8. The Morgan fingerprint density at radius 3 is 2.14 bits per heavy atom. The Bertz CT molecular complexity index is 589. The number of halogens is 1. The molecule has 0 aromatic heterocycles.